The summed E-state index contributed by atoms with van der Waals surface area (Å²) in [7, 11) is 0. The van der Waals surface area contributed by atoms with E-state index < -0.39 is 0 Å². The predicted molar refractivity (Wildman–Crippen MR) is 128 cm³/mol. The van der Waals surface area contributed by atoms with Crippen LogP contribution in [0.5, 0.6) is 0 Å². The van der Waals surface area contributed by atoms with Gasteiger partial charge in [-0.15, -0.1) is 0 Å². The molecule has 0 spiro atoms. The molecule has 5 aromatic rings. The van der Waals surface area contributed by atoms with Crippen LogP contribution in [-0.4, -0.2) is 9.78 Å². The highest BCUT2D eigenvalue weighted by Crippen LogP contribution is 2.33. The van der Waals surface area contributed by atoms with Gasteiger partial charge in [-0.1, -0.05) is 66.7 Å². The number of anilines is 1. The number of hydrogen-bond donors (Lipinski definition) is 1. The van der Waals surface area contributed by atoms with Gasteiger partial charge < -0.3 is 5.73 Å². The van der Waals surface area contributed by atoms with Gasteiger partial charge in [-0.25, -0.2) is 4.68 Å². The van der Waals surface area contributed by atoms with Gasteiger partial charge in [0.05, 0.1) is 11.3 Å². The molecule has 0 radical (unpaired) electrons. The largest absolute Gasteiger partial charge is 0.382 e. The first-order chi connectivity index (χ1) is 15.7. The maximum Gasteiger partial charge on any atom is 0.145 e. The second-order valence-electron chi connectivity index (χ2n) is 7.37. The highest BCUT2D eigenvalue weighted by molar-refractivity contribution is 6.10. The van der Waals surface area contributed by atoms with E-state index in [1.807, 2.05) is 84.9 Å². The lowest BCUT2D eigenvalue weighted by atomic mass is 9.94. The van der Waals surface area contributed by atoms with Crippen molar-refractivity contribution in [1.29, 1.82) is 10.5 Å². The zero-order chi connectivity index (χ0) is 22.1. The van der Waals surface area contributed by atoms with E-state index in [0.29, 0.717) is 0 Å². The Morgan fingerprint density at radius 1 is 0.844 bits per heavy atom. The number of allylic oxidation sites excluding steroid dienone is 1. The van der Waals surface area contributed by atoms with E-state index >= 15 is 0 Å². The number of benzene rings is 4. The van der Waals surface area contributed by atoms with Crippen molar-refractivity contribution in [3.8, 4) is 17.8 Å². The Kier molecular flexibility index (Phi) is 4.63. The Labute approximate surface area is 184 Å². The van der Waals surface area contributed by atoms with Crippen LogP contribution in [-0.2, 0) is 0 Å². The quantitative estimate of drug-likeness (QED) is 0.305. The number of rotatable bonds is 3. The van der Waals surface area contributed by atoms with Crippen molar-refractivity contribution in [2.45, 2.75) is 0 Å². The van der Waals surface area contributed by atoms with Gasteiger partial charge in [0.15, 0.2) is 0 Å². The minimum Gasteiger partial charge on any atom is -0.382 e. The molecule has 0 saturated carbocycles. The third-order valence-corrected chi connectivity index (χ3v) is 5.51. The first kappa shape index (κ1) is 19.1. The summed E-state index contributed by atoms with van der Waals surface area (Å²) in [5.41, 5.74) is 8.63. The van der Waals surface area contributed by atoms with Crippen molar-refractivity contribution in [2.24, 2.45) is 0 Å². The first-order valence-electron chi connectivity index (χ1n) is 10.1. The summed E-state index contributed by atoms with van der Waals surface area (Å²) in [6, 6.07) is 31.9. The van der Waals surface area contributed by atoms with Gasteiger partial charge in [0.25, 0.3) is 0 Å². The van der Waals surface area contributed by atoms with Crippen LogP contribution >= 0.6 is 0 Å². The lowest BCUT2D eigenvalue weighted by molar-refractivity contribution is 0.885. The van der Waals surface area contributed by atoms with Crippen LogP contribution in [0.25, 0.3) is 38.9 Å². The van der Waals surface area contributed by atoms with Crippen molar-refractivity contribution < 1.29 is 0 Å². The summed E-state index contributed by atoms with van der Waals surface area (Å²) in [5, 5.41) is 28.6. The predicted octanol–water partition coefficient (Wildman–Crippen LogP) is 5.70. The van der Waals surface area contributed by atoms with Gasteiger partial charge in [0.1, 0.15) is 29.2 Å². The van der Waals surface area contributed by atoms with Crippen molar-refractivity contribution in [3.05, 3.63) is 102 Å². The number of nitrogens with two attached hydrogens (primary N) is 1. The van der Waals surface area contributed by atoms with Gasteiger partial charge in [0, 0.05) is 0 Å². The van der Waals surface area contributed by atoms with E-state index in [4.69, 9.17) is 5.73 Å². The molecule has 0 unspecified atom stereocenters. The average molecular weight is 411 g/mol. The van der Waals surface area contributed by atoms with Crippen LogP contribution in [0.4, 0.5) is 5.82 Å². The highest BCUT2D eigenvalue weighted by Gasteiger charge is 2.20. The fraction of sp³-hybridized carbons (Fsp3) is 0. The van der Waals surface area contributed by atoms with Crippen LogP contribution in [0.2, 0.25) is 0 Å². The molecule has 0 atom stereocenters. The summed E-state index contributed by atoms with van der Waals surface area (Å²) < 4.78 is 1.50. The molecule has 4 aromatic carbocycles. The topological polar surface area (TPSA) is 91.4 Å². The monoisotopic (exact) mass is 411 g/mol. The van der Waals surface area contributed by atoms with E-state index in [1.165, 1.54) is 4.68 Å². The van der Waals surface area contributed by atoms with E-state index in [2.05, 4.69) is 23.3 Å². The second-order valence-corrected chi connectivity index (χ2v) is 7.37. The van der Waals surface area contributed by atoms with Crippen molar-refractivity contribution in [2.75, 3.05) is 5.73 Å². The molecule has 0 amide bonds. The van der Waals surface area contributed by atoms with Gasteiger partial charge in [-0.2, -0.15) is 15.6 Å². The number of aromatic nitrogens is 2. The number of hydrogen-bond acceptors (Lipinski definition) is 4. The van der Waals surface area contributed by atoms with Crippen molar-refractivity contribution in [1.82, 2.24) is 9.78 Å². The fourth-order valence-electron chi connectivity index (χ4n) is 4.00. The Balaban J connectivity index is 1.79. The Morgan fingerprint density at radius 3 is 2.03 bits per heavy atom. The molecule has 0 aliphatic carbocycles. The molecule has 2 N–H and O–H groups in total. The zero-order valence-electron chi connectivity index (χ0n) is 17.0. The molecule has 1 aromatic heterocycles. The normalized spacial score (nSPS) is 11.4. The smallest absolute Gasteiger partial charge is 0.145 e. The highest BCUT2D eigenvalue weighted by atomic mass is 15.3. The van der Waals surface area contributed by atoms with Crippen LogP contribution in [0, 0.1) is 22.7 Å². The molecule has 0 aliphatic rings. The van der Waals surface area contributed by atoms with Crippen molar-refractivity contribution in [3.63, 3.8) is 0 Å². The van der Waals surface area contributed by atoms with Gasteiger partial charge in [0.2, 0.25) is 0 Å². The van der Waals surface area contributed by atoms with Gasteiger partial charge in [-0.05, 0) is 51.4 Å². The van der Waals surface area contributed by atoms with Crippen LogP contribution < -0.4 is 5.73 Å². The minimum atomic E-state index is 0.186. The number of fused-ring (bicyclic) bond motifs is 2. The van der Waals surface area contributed by atoms with E-state index in [9.17, 15) is 10.5 Å². The SMILES string of the molecule is N#CC(=Cc1c2ccccc2cc2ccccc12)c1nn(-c2ccccc2)c(N)c1C#N. The molecular weight excluding hydrogens is 394 g/mol. The maximum absolute atomic E-state index is 10.1. The minimum absolute atomic E-state index is 0.186. The standard InChI is InChI=1S/C27H17N5/c28-16-20(26-25(17-29)27(30)32(31-26)21-10-2-1-3-11-21)15-24-22-12-6-4-8-18(22)14-19-9-5-7-13-23(19)24/h1-15H,30H2. The molecule has 0 saturated heterocycles. The van der Waals surface area contributed by atoms with E-state index in [1.54, 1.807) is 0 Å². The van der Waals surface area contributed by atoms with Crippen LogP contribution in [0.1, 0.15) is 16.8 Å². The lowest BCUT2D eigenvalue weighted by Gasteiger charge is -2.09. The molecule has 5 heteroatoms. The maximum atomic E-state index is 10.1. The first-order valence-corrected chi connectivity index (χ1v) is 10.1. The van der Waals surface area contributed by atoms with Crippen LogP contribution in [0.3, 0.4) is 0 Å². The third-order valence-electron chi connectivity index (χ3n) is 5.51. The third kappa shape index (κ3) is 3.06. The average Bonchev–Trinajstić information content (AvgIpc) is 3.18. The molecule has 1 heterocycles. The number of nitrogens with zero attached hydrogens (tertiary/aromatic N) is 4. The number of nitriles is 2. The molecule has 5 nitrogen and oxygen atoms in total. The Hall–Kier alpha value is -4.87. The second kappa shape index (κ2) is 7.75. The van der Waals surface area contributed by atoms with Crippen molar-refractivity contribution >= 4 is 39.0 Å². The summed E-state index contributed by atoms with van der Waals surface area (Å²) in [6.07, 6.45) is 1.81. The summed E-state index contributed by atoms with van der Waals surface area (Å²) in [5.74, 6) is 0.206. The Bertz CT molecular complexity index is 1540. The molecular formula is C27H17N5. The molecule has 150 valence electrons. The molecule has 0 aliphatic heterocycles. The molecule has 0 fully saturated rings. The molecule has 5 rings (SSSR count). The molecule has 0 bridgehead atoms. The zero-order valence-corrected chi connectivity index (χ0v) is 17.0. The summed E-state index contributed by atoms with van der Waals surface area (Å²) in [4.78, 5) is 0. The lowest BCUT2D eigenvalue weighted by Crippen LogP contribution is -2.02. The van der Waals surface area contributed by atoms with Gasteiger partial charge >= 0.3 is 0 Å². The number of nitrogen functional groups attached to an aromatic ring is 1. The summed E-state index contributed by atoms with van der Waals surface area (Å²) >= 11 is 0. The van der Waals surface area contributed by atoms with E-state index in [0.717, 1.165) is 32.8 Å². The molecule has 32 heavy (non-hydrogen) atoms. The fourth-order valence-corrected chi connectivity index (χ4v) is 4.00. The summed E-state index contributed by atoms with van der Waals surface area (Å²) in [6.45, 7) is 0. The Morgan fingerprint density at radius 2 is 1.44 bits per heavy atom. The van der Waals surface area contributed by atoms with Gasteiger partial charge in [-0.3, -0.25) is 0 Å². The number of para-hydroxylation sites is 1. The van der Waals surface area contributed by atoms with E-state index in [-0.39, 0.29) is 22.6 Å². The van der Waals surface area contributed by atoms with Crippen LogP contribution in [0.15, 0.2) is 84.9 Å².